The number of carbonyl (C=O) groups is 3. The predicted octanol–water partition coefficient (Wildman–Crippen LogP) is 8.41. The molecule has 2 aliphatic rings. The van der Waals surface area contributed by atoms with Crippen molar-refractivity contribution in [3.05, 3.63) is 35.4 Å². The molecule has 0 unspecified atom stereocenters. The molecule has 3 nitrogen and oxygen atoms in total. The molecule has 3 heteroatoms. The molecule has 3 rings (SSSR count). The van der Waals surface area contributed by atoms with Crippen molar-refractivity contribution in [2.75, 3.05) is 0 Å². The van der Waals surface area contributed by atoms with Gasteiger partial charge < -0.3 is 4.79 Å². The molecule has 0 spiro atoms. The number of hydrogen-bond acceptors (Lipinski definition) is 3. The van der Waals surface area contributed by atoms with E-state index in [4.69, 9.17) is 0 Å². The third kappa shape index (κ3) is 11.5. The van der Waals surface area contributed by atoms with E-state index in [0.29, 0.717) is 53.5 Å². The highest BCUT2D eigenvalue weighted by Gasteiger charge is 2.29. The third-order valence-corrected chi connectivity index (χ3v) is 7.85. The quantitative estimate of drug-likeness (QED) is 0.383. The Labute approximate surface area is 222 Å². The highest BCUT2D eigenvalue weighted by Crippen LogP contribution is 2.31. The van der Waals surface area contributed by atoms with Crippen LogP contribution in [-0.4, -0.2) is 17.9 Å². The molecule has 0 bridgehead atoms. The molecule has 0 aliphatic heterocycles. The average Bonchev–Trinajstić information content (AvgIpc) is 2.77. The van der Waals surface area contributed by atoms with Crippen molar-refractivity contribution in [1.29, 1.82) is 0 Å². The monoisotopic (exact) mass is 498 g/mol. The molecule has 0 N–H and O–H groups in total. The summed E-state index contributed by atoms with van der Waals surface area (Å²) in [7, 11) is 0. The zero-order chi connectivity index (χ0) is 27.5. The van der Waals surface area contributed by atoms with E-state index in [-0.39, 0.29) is 5.41 Å². The smallest absolute Gasteiger partial charge is 0.136 e. The Balaban J connectivity index is 0.000000273. The van der Waals surface area contributed by atoms with Crippen LogP contribution in [0.1, 0.15) is 118 Å². The second-order valence-electron chi connectivity index (χ2n) is 13.1. The van der Waals surface area contributed by atoms with Gasteiger partial charge >= 0.3 is 0 Å². The maximum atomic E-state index is 11.4. The van der Waals surface area contributed by atoms with Crippen molar-refractivity contribution in [2.24, 2.45) is 35.5 Å². The molecule has 2 aliphatic carbocycles. The van der Waals surface area contributed by atoms with Crippen LogP contribution in [0.4, 0.5) is 0 Å². The van der Waals surface area contributed by atoms with E-state index in [0.717, 1.165) is 38.4 Å². The number of rotatable bonds is 5. The number of aryl methyl sites for hydroxylation is 1. The SMILES string of the molecule is CC(C)(C)c1ccc(CCC=O)cc1.CC(C)[C@H]1CC[C@H](C)CC1=O.CC(C)[C@H]1CC[C@H](C)CC1=O. The van der Waals surface area contributed by atoms with Gasteiger partial charge in [0.15, 0.2) is 0 Å². The Hall–Kier alpha value is -1.77. The zero-order valence-electron chi connectivity index (χ0n) is 24.7. The van der Waals surface area contributed by atoms with Gasteiger partial charge in [0.05, 0.1) is 0 Å². The summed E-state index contributed by atoms with van der Waals surface area (Å²) in [6.45, 7) is 19.6. The van der Waals surface area contributed by atoms with Crippen LogP contribution in [0, 0.1) is 35.5 Å². The molecule has 0 aromatic heterocycles. The normalized spacial score (nSPS) is 24.5. The van der Waals surface area contributed by atoms with E-state index >= 15 is 0 Å². The van der Waals surface area contributed by atoms with Crippen molar-refractivity contribution >= 4 is 17.9 Å². The lowest BCUT2D eigenvalue weighted by Gasteiger charge is -2.27. The molecular formula is C33H54O3. The fourth-order valence-corrected chi connectivity index (χ4v) is 5.25. The van der Waals surface area contributed by atoms with Gasteiger partial charge in [-0.25, -0.2) is 0 Å². The minimum Gasteiger partial charge on any atom is -0.303 e. The predicted molar refractivity (Wildman–Crippen MR) is 152 cm³/mol. The zero-order valence-corrected chi connectivity index (χ0v) is 24.7. The highest BCUT2D eigenvalue weighted by molar-refractivity contribution is 5.82. The first-order valence-corrected chi connectivity index (χ1v) is 14.3. The first kappa shape index (κ1) is 32.3. The molecule has 36 heavy (non-hydrogen) atoms. The van der Waals surface area contributed by atoms with Crippen LogP contribution in [-0.2, 0) is 26.2 Å². The lowest BCUT2D eigenvalue weighted by atomic mass is 9.77. The largest absolute Gasteiger partial charge is 0.303 e. The van der Waals surface area contributed by atoms with Gasteiger partial charge in [0.2, 0.25) is 0 Å². The van der Waals surface area contributed by atoms with Crippen LogP contribution >= 0.6 is 0 Å². The van der Waals surface area contributed by atoms with Gasteiger partial charge in [-0.05, 0) is 72.3 Å². The van der Waals surface area contributed by atoms with Gasteiger partial charge in [-0.2, -0.15) is 0 Å². The maximum absolute atomic E-state index is 11.4. The van der Waals surface area contributed by atoms with Crippen molar-refractivity contribution in [3.8, 4) is 0 Å². The summed E-state index contributed by atoms with van der Waals surface area (Å²) in [4.78, 5) is 33.1. The topological polar surface area (TPSA) is 51.2 Å². The van der Waals surface area contributed by atoms with E-state index in [1.807, 2.05) is 0 Å². The molecule has 0 heterocycles. The average molecular weight is 499 g/mol. The van der Waals surface area contributed by atoms with Crippen LogP contribution in [0.3, 0.4) is 0 Å². The van der Waals surface area contributed by atoms with Gasteiger partial charge in [-0.3, -0.25) is 9.59 Å². The molecule has 1 aromatic carbocycles. The molecular weight excluding hydrogens is 444 g/mol. The van der Waals surface area contributed by atoms with Crippen molar-refractivity contribution < 1.29 is 14.4 Å². The van der Waals surface area contributed by atoms with Crippen LogP contribution in [0.2, 0.25) is 0 Å². The first-order valence-electron chi connectivity index (χ1n) is 14.3. The van der Waals surface area contributed by atoms with E-state index in [2.05, 4.69) is 86.6 Å². The molecule has 204 valence electrons. The summed E-state index contributed by atoms with van der Waals surface area (Å²) in [5.74, 6) is 4.11. The van der Waals surface area contributed by atoms with Gasteiger partial charge in [-0.15, -0.1) is 0 Å². The summed E-state index contributed by atoms with van der Waals surface area (Å²) in [5.41, 5.74) is 2.79. The summed E-state index contributed by atoms with van der Waals surface area (Å²) in [5, 5.41) is 0. The molecule has 2 fully saturated rings. The Morgan fingerprint density at radius 3 is 1.50 bits per heavy atom. The lowest BCUT2D eigenvalue weighted by molar-refractivity contribution is -0.128. The fraction of sp³-hybridized carbons (Fsp3) is 0.727. The van der Waals surface area contributed by atoms with Crippen LogP contribution < -0.4 is 0 Å². The van der Waals surface area contributed by atoms with E-state index < -0.39 is 0 Å². The molecule has 0 radical (unpaired) electrons. The van der Waals surface area contributed by atoms with E-state index in [1.165, 1.54) is 24.0 Å². The van der Waals surface area contributed by atoms with Gasteiger partial charge in [-0.1, -0.05) is 86.6 Å². The van der Waals surface area contributed by atoms with Crippen LogP contribution in [0.5, 0.6) is 0 Å². The number of benzene rings is 1. The lowest BCUT2D eigenvalue weighted by Crippen LogP contribution is -2.27. The van der Waals surface area contributed by atoms with Gasteiger partial charge in [0.25, 0.3) is 0 Å². The summed E-state index contributed by atoms with van der Waals surface area (Å²) < 4.78 is 0. The number of aldehydes is 1. The molecule has 2 saturated carbocycles. The minimum absolute atomic E-state index is 0.211. The second kappa shape index (κ2) is 15.5. The van der Waals surface area contributed by atoms with Crippen LogP contribution in [0.25, 0.3) is 0 Å². The molecule has 0 amide bonds. The van der Waals surface area contributed by atoms with Crippen molar-refractivity contribution in [3.63, 3.8) is 0 Å². The van der Waals surface area contributed by atoms with E-state index in [1.54, 1.807) is 0 Å². The van der Waals surface area contributed by atoms with E-state index in [9.17, 15) is 14.4 Å². The minimum atomic E-state index is 0.211. The summed E-state index contributed by atoms with van der Waals surface area (Å²) >= 11 is 0. The Morgan fingerprint density at radius 2 is 1.19 bits per heavy atom. The Kier molecular flexibility index (Phi) is 13.9. The number of hydrogen-bond donors (Lipinski definition) is 0. The fourth-order valence-electron chi connectivity index (χ4n) is 5.25. The molecule has 1 aromatic rings. The van der Waals surface area contributed by atoms with Gasteiger partial charge in [0.1, 0.15) is 17.9 Å². The summed E-state index contributed by atoms with van der Waals surface area (Å²) in [6.07, 6.45) is 8.82. The molecule has 4 atom stereocenters. The van der Waals surface area contributed by atoms with Crippen molar-refractivity contribution in [1.82, 2.24) is 0 Å². The van der Waals surface area contributed by atoms with Crippen LogP contribution in [0.15, 0.2) is 24.3 Å². The first-order chi connectivity index (χ1) is 16.8. The number of carbonyl (C=O) groups excluding carboxylic acids is 3. The number of ketones is 2. The summed E-state index contributed by atoms with van der Waals surface area (Å²) in [6, 6.07) is 8.54. The van der Waals surface area contributed by atoms with Gasteiger partial charge in [0, 0.05) is 31.1 Å². The molecule has 0 saturated heterocycles. The Bertz CT molecular complexity index is 761. The third-order valence-electron chi connectivity index (χ3n) is 7.85. The Morgan fingerprint density at radius 1 is 0.778 bits per heavy atom. The standard InChI is InChI=1S/C13H18O.2C10H18O/c1-13(2,3)12-8-6-11(7-9-12)5-4-10-14;2*1-7(2)9-5-4-8(3)6-10(9)11/h6-10H,4-5H2,1-3H3;2*7-9H,4-6H2,1-3H3/t;2*8-,9+/m.00/s1. The highest BCUT2D eigenvalue weighted by atomic mass is 16.1. The second-order valence-corrected chi connectivity index (χ2v) is 13.1. The van der Waals surface area contributed by atoms with Crippen molar-refractivity contribution in [2.45, 2.75) is 119 Å². The maximum Gasteiger partial charge on any atom is 0.136 e. The number of Topliss-reactive ketones (excluding diaryl/α,β-unsaturated/α-hetero) is 2.